The van der Waals surface area contributed by atoms with E-state index in [0.717, 1.165) is 54.5 Å². The van der Waals surface area contributed by atoms with Gasteiger partial charge in [-0.2, -0.15) is 0 Å². The van der Waals surface area contributed by atoms with E-state index in [1.807, 2.05) is 60.7 Å². The van der Waals surface area contributed by atoms with Crippen LogP contribution in [0.2, 0.25) is 5.02 Å². The van der Waals surface area contributed by atoms with Gasteiger partial charge in [0.05, 0.1) is 13.7 Å². The van der Waals surface area contributed by atoms with Crippen molar-refractivity contribution in [3.63, 3.8) is 0 Å². The lowest BCUT2D eigenvalue weighted by molar-refractivity contribution is -0.0756. The normalized spacial score (nSPS) is 16.1. The topological polar surface area (TPSA) is 97.2 Å². The lowest BCUT2D eigenvalue weighted by atomic mass is 10.1. The molecular weight excluding hydrogens is 544 g/mol. The number of aliphatic hydroxyl groups is 1. The zero-order valence-corrected chi connectivity index (χ0v) is 23.6. The van der Waals surface area contributed by atoms with E-state index < -0.39 is 12.3 Å². The quantitative estimate of drug-likeness (QED) is 0.237. The van der Waals surface area contributed by atoms with Crippen molar-refractivity contribution in [1.29, 1.82) is 0 Å². The van der Waals surface area contributed by atoms with Crippen molar-refractivity contribution in [1.82, 2.24) is 19.9 Å². The summed E-state index contributed by atoms with van der Waals surface area (Å²) in [7, 11) is 1.65. The molecule has 0 aliphatic carbocycles. The highest BCUT2D eigenvalue weighted by Gasteiger charge is 2.29. The molecule has 0 bridgehead atoms. The summed E-state index contributed by atoms with van der Waals surface area (Å²) in [6.45, 7) is 5.45. The standard InChI is InChI=1S/C31H31ClN4O5/c1-20(37)31(39-23-11-12-29-27(17-23)33-30(40-29)21-7-9-22(32)10-8-21)36-15-13-35(14-16-36)19-24-18-26(34-41-24)25-5-3-4-6-28(25)38-2/h3-12,17-18,20,31,37H,13-16,19H2,1-2H3/t20-,31?/m0/s1. The minimum atomic E-state index is -0.697. The first-order chi connectivity index (χ1) is 20.0. The van der Waals surface area contributed by atoms with Gasteiger partial charge in [0.25, 0.3) is 0 Å². The summed E-state index contributed by atoms with van der Waals surface area (Å²) >= 11 is 6.01. The fourth-order valence-electron chi connectivity index (χ4n) is 5.08. The summed E-state index contributed by atoms with van der Waals surface area (Å²) in [5.41, 5.74) is 3.83. The number of hydrogen-bond donors (Lipinski definition) is 1. The molecule has 1 unspecified atom stereocenters. The van der Waals surface area contributed by atoms with Crippen LogP contribution in [0.15, 0.2) is 81.7 Å². The van der Waals surface area contributed by atoms with Crippen molar-refractivity contribution in [2.45, 2.75) is 25.8 Å². The van der Waals surface area contributed by atoms with E-state index in [4.69, 9.17) is 30.0 Å². The Morgan fingerprint density at radius 3 is 2.54 bits per heavy atom. The summed E-state index contributed by atoms with van der Waals surface area (Å²) in [5.74, 6) is 2.68. The Morgan fingerprint density at radius 1 is 1.00 bits per heavy atom. The molecule has 10 heteroatoms. The van der Waals surface area contributed by atoms with Gasteiger partial charge >= 0.3 is 0 Å². The van der Waals surface area contributed by atoms with Crippen LogP contribution in [0.3, 0.4) is 0 Å². The van der Waals surface area contributed by atoms with E-state index in [0.29, 0.717) is 34.3 Å². The highest BCUT2D eigenvalue weighted by atomic mass is 35.5. The first kappa shape index (κ1) is 27.3. The van der Waals surface area contributed by atoms with Gasteiger partial charge in [-0.25, -0.2) is 4.98 Å². The maximum atomic E-state index is 10.6. The zero-order chi connectivity index (χ0) is 28.3. The second-order valence-corrected chi connectivity index (χ2v) is 10.5. The predicted octanol–water partition coefficient (Wildman–Crippen LogP) is 5.72. The summed E-state index contributed by atoms with van der Waals surface area (Å²) in [6.07, 6.45) is -1.20. The molecule has 2 atom stereocenters. The average Bonchev–Trinajstić information content (AvgIpc) is 3.63. The van der Waals surface area contributed by atoms with Gasteiger partial charge in [-0.1, -0.05) is 28.9 Å². The van der Waals surface area contributed by atoms with Crippen LogP contribution < -0.4 is 9.47 Å². The molecule has 1 saturated heterocycles. The number of benzene rings is 3. The number of halogens is 1. The summed E-state index contributed by atoms with van der Waals surface area (Å²) in [6, 6.07) is 22.6. The lowest BCUT2D eigenvalue weighted by Crippen LogP contribution is -2.55. The number of rotatable bonds is 9. The smallest absolute Gasteiger partial charge is 0.227 e. The minimum Gasteiger partial charge on any atom is -0.496 e. The molecule has 0 spiro atoms. The van der Waals surface area contributed by atoms with Gasteiger partial charge in [0.2, 0.25) is 5.89 Å². The molecule has 1 aliphatic heterocycles. The van der Waals surface area contributed by atoms with Crippen molar-refractivity contribution in [3.05, 3.63) is 83.6 Å². The third-order valence-corrected chi connectivity index (χ3v) is 7.46. The van der Waals surface area contributed by atoms with E-state index in [9.17, 15) is 5.11 Å². The molecule has 3 heterocycles. The second-order valence-electron chi connectivity index (χ2n) is 10.1. The lowest BCUT2D eigenvalue weighted by Gasteiger charge is -2.39. The van der Waals surface area contributed by atoms with Gasteiger partial charge < -0.3 is 23.5 Å². The molecule has 1 fully saturated rings. The highest BCUT2D eigenvalue weighted by Crippen LogP contribution is 2.30. The van der Waals surface area contributed by atoms with Gasteiger partial charge in [-0.3, -0.25) is 9.80 Å². The predicted molar refractivity (Wildman–Crippen MR) is 156 cm³/mol. The van der Waals surface area contributed by atoms with Crippen LogP contribution in [0.1, 0.15) is 12.7 Å². The molecule has 1 N–H and O–H groups in total. The molecule has 2 aromatic heterocycles. The number of ether oxygens (including phenoxy) is 2. The molecule has 9 nitrogen and oxygen atoms in total. The number of piperazine rings is 1. The first-order valence-electron chi connectivity index (χ1n) is 13.5. The maximum absolute atomic E-state index is 10.6. The van der Waals surface area contributed by atoms with E-state index in [1.54, 1.807) is 26.2 Å². The fraction of sp³-hybridized carbons (Fsp3) is 0.290. The van der Waals surface area contributed by atoms with E-state index >= 15 is 0 Å². The number of para-hydroxylation sites is 1. The molecule has 212 valence electrons. The average molecular weight is 575 g/mol. The number of methoxy groups -OCH3 is 1. The Balaban J connectivity index is 1.08. The van der Waals surface area contributed by atoms with Crippen LogP contribution >= 0.6 is 11.6 Å². The largest absolute Gasteiger partial charge is 0.496 e. The van der Waals surface area contributed by atoms with E-state index in [-0.39, 0.29) is 0 Å². The van der Waals surface area contributed by atoms with Crippen LogP contribution in [-0.4, -0.2) is 70.7 Å². The molecule has 41 heavy (non-hydrogen) atoms. The number of fused-ring (bicyclic) bond motifs is 1. The minimum absolute atomic E-state index is 0.500. The Bertz CT molecular complexity index is 1610. The molecule has 0 amide bonds. The van der Waals surface area contributed by atoms with Gasteiger partial charge in [0.1, 0.15) is 28.8 Å². The molecule has 0 radical (unpaired) electrons. The Hall–Kier alpha value is -3.89. The van der Waals surface area contributed by atoms with Crippen LogP contribution in [-0.2, 0) is 6.54 Å². The second kappa shape index (κ2) is 11.9. The van der Waals surface area contributed by atoms with E-state index in [1.165, 1.54) is 0 Å². The van der Waals surface area contributed by atoms with Crippen LogP contribution in [0.25, 0.3) is 33.8 Å². The number of hydrogen-bond acceptors (Lipinski definition) is 9. The molecule has 3 aromatic carbocycles. The Labute approximate surface area is 242 Å². The SMILES string of the molecule is COc1ccccc1-c1cc(CN2CCN(C(Oc3ccc4oc(-c5ccc(Cl)cc5)nc4c3)[C@H](C)O)CC2)on1. The summed E-state index contributed by atoms with van der Waals surface area (Å²) in [5, 5.41) is 15.5. The van der Waals surface area contributed by atoms with Crippen molar-refractivity contribution in [2.75, 3.05) is 33.3 Å². The number of nitrogens with zero attached hydrogens (tertiary/aromatic N) is 4. The van der Waals surface area contributed by atoms with E-state index in [2.05, 4.69) is 19.9 Å². The van der Waals surface area contributed by atoms with Gasteiger partial charge in [-0.15, -0.1) is 0 Å². The molecule has 1 aliphatic rings. The molecule has 5 aromatic rings. The van der Waals surface area contributed by atoms with Gasteiger partial charge in [0.15, 0.2) is 17.6 Å². The van der Waals surface area contributed by atoms with Crippen molar-refractivity contribution in [3.8, 4) is 34.2 Å². The fourth-order valence-corrected chi connectivity index (χ4v) is 5.21. The highest BCUT2D eigenvalue weighted by molar-refractivity contribution is 6.30. The summed E-state index contributed by atoms with van der Waals surface area (Å²) < 4.78 is 23.3. The van der Waals surface area contributed by atoms with Gasteiger partial charge in [-0.05, 0) is 55.5 Å². The Morgan fingerprint density at radius 2 is 1.78 bits per heavy atom. The van der Waals surface area contributed by atoms with Gasteiger partial charge in [0, 0.05) is 54.5 Å². The number of aromatic nitrogens is 2. The maximum Gasteiger partial charge on any atom is 0.227 e. The van der Waals surface area contributed by atoms with Crippen molar-refractivity contribution >= 4 is 22.7 Å². The monoisotopic (exact) mass is 574 g/mol. The van der Waals surface area contributed by atoms with Crippen LogP contribution in [0.4, 0.5) is 0 Å². The zero-order valence-electron chi connectivity index (χ0n) is 22.9. The molecule has 0 saturated carbocycles. The van der Waals surface area contributed by atoms with Crippen LogP contribution in [0.5, 0.6) is 11.5 Å². The third-order valence-electron chi connectivity index (χ3n) is 7.21. The first-order valence-corrected chi connectivity index (χ1v) is 13.9. The third kappa shape index (κ3) is 6.08. The van der Waals surface area contributed by atoms with Crippen molar-refractivity contribution < 1.29 is 23.5 Å². The number of aliphatic hydroxyl groups excluding tert-OH is 1. The summed E-state index contributed by atoms with van der Waals surface area (Å²) in [4.78, 5) is 9.09. The van der Waals surface area contributed by atoms with Crippen LogP contribution in [0, 0.1) is 0 Å². The molecule has 6 rings (SSSR count). The van der Waals surface area contributed by atoms with Crippen molar-refractivity contribution in [2.24, 2.45) is 0 Å². The Kier molecular flexibility index (Phi) is 7.93. The molecular formula is C31H31ClN4O5. The number of oxazole rings is 1.